The first-order chi connectivity index (χ1) is 9.97. The molecule has 0 aromatic heterocycles. The summed E-state index contributed by atoms with van der Waals surface area (Å²) in [5, 5.41) is 7.30. The molecule has 1 aromatic carbocycles. The molecular formula is C17H24N2OS. The van der Waals surface area contributed by atoms with E-state index < -0.39 is 0 Å². The van der Waals surface area contributed by atoms with Crippen LogP contribution in [0.1, 0.15) is 50.4 Å². The summed E-state index contributed by atoms with van der Waals surface area (Å²) in [5.41, 5.74) is 1.63. The number of thiocarbonyl (C=S) groups is 1. The van der Waals surface area contributed by atoms with Gasteiger partial charge < -0.3 is 10.6 Å². The summed E-state index contributed by atoms with van der Waals surface area (Å²) in [5.74, 6) is 1.46. The summed E-state index contributed by atoms with van der Waals surface area (Å²) in [6.07, 6.45) is 3.75. The minimum atomic E-state index is 0.0762. The van der Waals surface area contributed by atoms with Crippen LogP contribution in [-0.4, -0.2) is 16.9 Å². The topological polar surface area (TPSA) is 41.1 Å². The third-order valence-electron chi connectivity index (χ3n) is 4.57. The Balaban J connectivity index is 1.90. The summed E-state index contributed by atoms with van der Waals surface area (Å²) in [6.45, 7) is 6.18. The van der Waals surface area contributed by atoms with Crippen LogP contribution in [0.4, 0.5) is 5.69 Å². The van der Waals surface area contributed by atoms with Gasteiger partial charge in [-0.15, -0.1) is 0 Å². The summed E-state index contributed by atoms with van der Waals surface area (Å²) in [4.78, 5) is 11.2. The van der Waals surface area contributed by atoms with Crippen molar-refractivity contribution >= 4 is 28.8 Å². The number of Topliss-reactive ketones (excluding diaryl/α,β-unsaturated/α-hetero) is 1. The van der Waals surface area contributed by atoms with Crippen LogP contribution in [-0.2, 0) is 0 Å². The van der Waals surface area contributed by atoms with E-state index in [1.165, 1.54) is 19.3 Å². The first kappa shape index (κ1) is 16.0. The monoisotopic (exact) mass is 304 g/mol. The average Bonchev–Trinajstić information content (AvgIpc) is 2.44. The third kappa shape index (κ3) is 4.27. The molecule has 0 spiro atoms. The fraction of sp³-hybridized carbons (Fsp3) is 0.529. The molecule has 1 fully saturated rings. The fourth-order valence-electron chi connectivity index (χ4n) is 2.91. The smallest absolute Gasteiger partial charge is 0.171 e. The molecule has 1 aromatic rings. The summed E-state index contributed by atoms with van der Waals surface area (Å²) >= 11 is 5.40. The lowest BCUT2D eigenvalue weighted by molar-refractivity contribution is 0.101. The van der Waals surface area contributed by atoms with Crippen LogP contribution in [0.25, 0.3) is 0 Å². The van der Waals surface area contributed by atoms with Gasteiger partial charge in [0.2, 0.25) is 0 Å². The van der Waals surface area contributed by atoms with Crippen molar-refractivity contribution in [3.05, 3.63) is 29.8 Å². The lowest BCUT2D eigenvalue weighted by Crippen LogP contribution is -2.45. The second kappa shape index (κ2) is 7.03. The molecule has 1 saturated carbocycles. The maximum Gasteiger partial charge on any atom is 0.171 e. The highest BCUT2D eigenvalue weighted by Gasteiger charge is 2.27. The minimum absolute atomic E-state index is 0.0762. The van der Waals surface area contributed by atoms with Crippen molar-refractivity contribution < 1.29 is 4.79 Å². The molecule has 3 atom stereocenters. The maximum atomic E-state index is 11.2. The average molecular weight is 304 g/mol. The van der Waals surface area contributed by atoms with Crippen LogP contribution < -0.4 is 10.6 Å². The maximum absolute atomic E-state index is 11.2. The number of rotatable bonds is 3. The number of nitrogens with one attached hydrogen (secondary N) is 2. The van der Waals surface area contributed by atoms with Crippen molar-refractivity contribution in [2.24, 2.45) is 11.8 Å². The normalized spacial score (nSPS) is 25.2. The van der Waals surface area contributed by atoms with Crippen LogP contribution in [0, 0.1) is 11.8 Å². The molecule has 2 N–H and O–H groups in total. The molecule has 0 bridgehead atoms. The molecule has 1 aliphatic carbocycles. The summed E-state index contributed by atoms with van der Waals surface area (Å²) < 4.78 is 0. The van der Waals surface area contributed by atoms with Gasteiger partial charge in [-0.1, -0.05) is 26.7 Å². The number of ketones is 1. The van der Waals surface area contributed by atoms with Crippen molar-refractivity contribution in [2.45, 2.75) is 46.1 Å². The molecule has 21 heavy (non-hydrogen) atoms. The van der Waals surface area contributed by atoms with E-state index >= 15 is 0 Å². The van der Waals surface area contributed by atoms with E-state index in [0.717, 1.165) is 11.6 Å². The molecule has 114 valence electrons. The first-order valence-electron chi connectivity index (χ1n) is 7.66. The number of hydrogen-bond donors (Lipinski definition) is 2. The molecular weight excluding hydrogens is 280 g/mol. The fourth-order valence-corrected chi connectivity index (χ4v) is 3.18. The standard InChI is InChI=1S/C17H24N2OS/c1-11-5-4-6-16(12(11)2)19-17(21)18-15-9-7-14(8-10-15)13(3)20/h7-12,16H,4-6H2,1-3H3,(H2,18,19,21)/t11-,12-,16+/m0/s1. The number of anilines is 1. The highest BCUT2D eigenvalue weighted by Crippen LogP contribution is 2.29. The minimum Gasteiger partial charge on any atom is -0.359 e. The van der Waals surface area contributed by atoms with Gasteiger partial charge in [0.05, 0.1) is 0 Å². The SMILES string of the molecule is CC(=O)c1ccc(NC(=S)N[C@@H]2CCC[C@H](C)[C@@H]2C)cc1. The Bertz CT molecular complexity index is 512. The predicted molar refractivity (Wildman–Crippen MR) is 91.8 cm³/mol. The van der Waals surface area contributed by atoms with Crippen LogP contribution in [0.2, 0.25) is 0 Å². The third-order valence-corrected chi connectivity index (χ3v) is 4.79. The highest BCUT2D eigenvalue weighted by molar-refractivity contribution is 7.80. The molecule has 2 rings (SSSR count). The van der Waals surface area contributed by atoms with E-state index in [4.69, 9.17) is 12.2 Å². The second-order valence-electron chi connectivity index (χ2n) is 6.11. The van der Waals surface area contributed by atoms with Crippen molar-refractivity contribution in [1.82, 2.24) is 5.32 Å². The molecule has 0 amide bonds. The molecule has 0 unspecified atom stereocenters. The van der Waals surface area contributed by atoms with Crippen LogP contribution >= 0.6 is 12.2 Å². The molecule has 0 saturated heterocycles. The van der Waals surface area contributed by atoms with Gasteiger partial charge >= 0.3 is 0 Å². The molecule has 0 heterocycles. The predicted octanol–water partition coefficient (Wildman–Crippen LogP) is 4.00. The largest absolute Gasteiger partial charge is 0.359 e. The zero-order chi connectivity index (χ0) is 15.4. The van der Waals surface area contributed by atoms with E-state index in [9.17, 15) is 4.79 Å². The Kier molecular flexibility index (Phi) is 5.34. The van der Waals surface area contributed by atoms with Crippen LogP contribution in [0.3, 0.4) is 0 Å². The van der Waals surface area contributed by atoms with Gasteiger partial charge in [-0.25, -0.2) is 0 Å². The lowest BCUT2D eigenvalue weighted by Gasteiger charge is -2.35. The van der Waals surface area contributed by atoms with E-state index in [0.29, 0.717) is 22.6 Å². The quantitative estimate of drug-likeness (QED) is 0.654. The summed E-state index contributed by atoms with van der Waals surface area (Å²) in [6, 6.07) is 7.86. The first-order valence-corrected chi connectivity index (χ1v) is 8.06. The van der Waals surface area contributed by atoms with Gasteiger partial charge in [0.25, 0.3) is 0 Å². The van der Waals surface area contributed by atoms with E-state index in [2.05, 4.69) is 24.5 Å². The molecule has 0 aliphatic heterocycles. The highest BCUT2D eigenvalue weighted by atomic mass is 32.1. The van der Waals surface area contributed by atoms with Gasteiger partial charge in [0.15, 0.2) is 10.9 Å². The Labute approximate surface area is 132 Å². The molecule has 4 heteroatoms. The number of carbonyl (C=O) groups is 1. The Morgan fingerprint density at radius 1 is 1.19 bits per heavy atom. The van der Waals surface area contributed by atoms with Gasteiger partial charge in [-0.3, -0.25) is 4.79 Å². The summed E-state index contributed by atoms with van der Waals surface area (Å²) in [7, 11) is 0. The zero-order valence-electron chi connectivity index (χ0n) is 13.0. The van der Waals surface area contributed by atoms with Crippen molar-refractivity contribution in [3.8, 4) is 0 Å². The Morgan fingerprint density at radius 3 is 2.48 bits per heavy atom. The molecule has 0 radical (unpaired) electrons. The van der Waals surface area contributed by atoms with Crippen LogP contribution in [0.5, 0.6) is 0 Å². The number of carbonyl (C=O) groups excluding carboxylic acids is 1. The number of benzene rings is 1. The van der Waals surface area contributed by atoms with E-state index in [1.807, 2.05) is 24.3 Å². The second-order valence-corrected chi connectivity index (χ2v) is 6.51. The van der Waals surface area contributed by atoms with Gasteiger partial charge in [-0.2, -0.15) is 0 Å². The zero-order valence-corrected chi connectivity index (χ0v) is 13.8. The molecule has 1 aliphatic rings. The van der Waals surface area contributed by atoms with E-state index in [1.54, 1.807) is 6.92 Å². The van der Waals surface area contributed by atoms with Crippen molar-refractivity contribution in [3.63, 3.8) is 0 Å². The lowest BCUT2D eigenvalue weighted by atomic mass is 9.78. The van der Waals surface area contributed by atoms with Crippen molar-refractivity contribution in [2.75, 3.05) is 5.32 Å². The van der Waals surface area contributed by atoms with Gasteiger partial charge in [0.1, 0.15) is 0 Å². The van der Waals surface area contributed by atoms with Gasteiger partial charge in [0, 0.05) is 17.3 Å². The van der Waals surface area contributed by atoms with Crippen molar-refractivity contribution in [1.29, 1.82) is 0 Å². The Hall–Kier alpha value is -1.42. The van der Waals surface area contributed by atoms with E-state index in [-0.39, 0.29) is 5.78 Å². The molecule has 3 nitrogen and oxygen atoms in total. The Morgan fingerprint density at radius 2 is 1.86 bits per heavy atom. The van der Waals surface area contributed by atoms with Gasteiger partial charge in [-0.05, 0) is 61.7 Å². The van der Waals surface area contributed by atoms with Crippen LogP contribution in [0.15, 0.2) is 24.3 Å². The number of hydrogen-bond acceptors (Lipinski definition) is 2.